The molecule has 3 rings (SSSR count). The van der Waals surface area contributed by atoms with Crippen molar-refractivity contribution < 1.29 is 19.0 Å². The van der Waals surface area contributed by atoms with Crippen molar-refractivity contribution in [2.24, 2.45) is 0 Å². The molecule has 2 aromatic carbocycles. The van der Waals surface area contributed by atoms with Gasteiger partial charge in [-0.25, -0.2) is 4.98 Å². The van der Waals surface area contributed by atoms with E-state index in [0.29, 0.717) is 31.1 Å². The number of amides is 1. The van der Waals surface area contributed by atoms with Crippen LogP contribution in [0.4, 0.5) is 0 Å². The van der Waals surface area contributed by atoms with E-state index in [4.69, 9.17) is 14.2 Å². The van der Waals surface area contributed by atoms with Gasteiger partial charge in [-0.2, -0.15) is 0 Å². The number of fused-ring (bicyclic) bond motifs is 1. The number of para-hydroxylation sites is 1. The lowest BCUT2D eigenvalue weighted by molar-refractivity contribution is -0.126. The van der Waals surface area contributed by atoms with Crippen molar-refractivity contribution in [3.05, 3.63) is 53.0 Å². The number of aromatic nitrogens is 1. The summed E-state index contributed by atoms with van der Waals surface area (Å²) in [6.45, 7) is 0.878. The van der Waals surface area contributed by atoms with Crippen LogP contribution in [0.5, 0.6) is 11.5 Å². The van der Waals surface area contributed by atoms with Crippen LogP contribution in [-0.2, 0) is 22.6 Å². The molecule has 27 heavy (non-hydrogen) atoms. The van der Waals surface area contributed by atoms with Crippen molar-refractivity contribution in [2.45, 2.75) is 13.0 Å². The van der Waals surface area contributed by atoms with Gasteiger partial charge in [-0.15, -0.1) is 11.3 Å². The van der Waals surface area contributed by atoms with Crippen molar-refractivity contribution in [3.8, 4) is 11.5 Å². The minimum atomic E-state index is -0.142. The lowest BCUT2D eigenvalue weighted by atomic mass is 10.1. The number of nitrogens with zero attached hydrogens (tertiary/aromatic N) is 1. The number of carbonyl (C=O) groups excluding carboxylic acids is 1. The van der Waals surface area contributed by atoms with Gasteiger partial charge in [0.15, 0.2) is 11.5 Å². The summed E-state index contributed by atoms with van der Waals surface area (Å²) in [5.41, 5.74) is 2.02. The molecular weight excluding hydrogens is 364 g/mol. The zero-order valence-electron chi connectivity index (χ0n) is 15.4. The molecule has 1 N–H and O–H groups in total. The van der Waals surface area contributed by atoms with Crippen molar-refractivity contribution in [1.29, 1.82) is 0 Å². The number of rotatable bonds is 9. The predicted octanol–water partition coefficient (Wildman–Crippen LogP) is 3.19. The van der Waals surface area contributed by atoms with Crippen LogP contribution in [0.15, 0.2) is 42.5 Å². The van der Waals surface area contributed by atoms with E-state index in [1.807, 2.05) is 42.5 Å². The molecule has 7 heteroatoms. The summed E-state index contributed by atoms with van der Waals surface area (Å²) in [5, 5.41) is 3.73. The fourth-order valence-electron chi connectivity index (χ4n) is 2.65. The molecule has 0 atom stereocenters. The number of thiazole rings is 1. The van der Waals surface area contributed by atoms with Gasteiger partial charge in [0, 0.05) is 6.54 Å². The SMILES string of the molecule is COc1ccc(CCNC(=O)COCc2nc3ccccc3s2)cc1OC. The first kappa shape index (κ1) is 19.1. The molecule has 1 aromatic heterocycles. The second-order valence-electron chi connectivity index (χ2n) is 5.86. The smallest absolute Gasteiger partial charge is 0.246 e. The van der Waals surface area contributed by atoms with Crippen LogP contribution in [0.2, 0.25) is 0 Å². The highest BCUT2D eigenvalue weighted by Crippen LogP contribution is 2.27. The van der Waals surface area contributed by atoms with E-state index in [-0.39, 0.29) is 12.5 Å². The van der Waals surface area contributed by atoms with Crippen molar-refractivity contribution >= 4 is 27.5 Å². The van der Waals surface area contributed by atoms with Crippen LogP contribution in [0.3, 0.4) is 0 Å². The van der Waals surface area contributed by atoms with Gasteiger partial charge in [0.2, 0.25) is 5.91 Å². The van der Waals surface area contributed by atoms with Crippen LogP contribution >= 0.6 is 11.3 Å². The third kappa shape index (κ3) is 5.18. The van der Waals surface area contributed by atoms with Crippen molar-refractivity contribution in [3.63, 3.8) is 0 Å². The lowest BCUT2D eigenvalue weighted by Gasteiger charge is -2.10. The number of ether oxygens (including phenoxy) is 3. The lowest BCUT2D eigenvalue weighted by Crippen LogP contribution is -2.29. The van der Waals surface area contributed by atoms with Gasteiger partial charge in [-0.3, -0.25) is 4.79 Å². The first-order valence-electron chi connectivity index (χ1n) is 8.59. The molecule has 3 aromatic rings. The van der Waals surface area contributed by atoms with E-state index in [2.05, 4.69) is 10.3 Å². The molecule has 0 aliphatic rings. The molecule has 0 saturated carbocycles. The molecule has 0 saturated heterocycles. The molecule has 6 nitrogen and oxygen atoms in total. The molecule has 0 unspecified atom stereocenters. The summed E-state index contributed by atoms with van der Waals surface area (Å²) in [5.74, 6) is 1.23. The van der Waals surface area contributed by atoms with Gasteiger partial charge in [0.25, 0.3) is 0 Å². The van der Waals surface area contributed by atoms with Gasteiger partial charge in [-0.1, -0.05) is 18.2 Å². The van der Waals surface area contributed by atoms with Gasteiger partial charge < -0.3 is 19.5 Å². The maximum absolute atomic E-state index is 11.9. The highest BCUT2D eigenvalue weighted by molar-refractivity contribution is 7.18. The van der Waals surface area contributed by atoms with Crippen LogP contribution in [-0.4, -0.2) is 38.3 Å². The summed E-state index contributed by atoms with van der Waals surface area (Å²) < 4.78 is 17.1. The van der Waals surface area contributed by atoms with E-state index in [9.17, 15) is 4.79 Å². The first-order valence-corrected chi connectivity index (χ1v) is 9.41. The maximum atomic E-state index is 11.9. The standard InChI is InChI=1S/C20H22N2O4S/c1-24-16-8-7-14(11-17(16)25-2)9-10-21-19(23)12-26-13-20-22-15-5-3-4-6-18(15)27-20/h3-8,11H,9-10,12-13H2,1-2H3,(H,21,23). The summed E-state index contributed by atoms with van der Waals surface area (Å²) in [4.78, 5) is 16.4. The summed E-state index contributed by atoms with van der Waals surface area (Å²) >= 11 is 1.58. The van der Waals surface area contributed by atoms with Crippen LogP contribution in [0, 0.1) is 0 Å². The Balaban J connectivity index is 1.39. The number of nitrogens with one attached hydrogen (secondary N) is 1. The highest BCUT2D eigenvalue weighted by Gasteiger charge is 2.07. The summed E-state index contributed by atoms with van der Waals surface area (Å²) in [6.07, 6.45) is 0.698. The molecule has 0 fully saturated rings. The van der Waals surface area contributed by atoms with E-state index in [0.717, 1.165) is 20.8 Å². The van der Waals surface area contributed by atoms with Crippen molar-refractivity contribution in [2.75, 3.05) is 27.4 Å². The Hall–Kier alpha value is -2.64. The number of methoxy groups -OCH3 is 2. The largest absolute Gasteiger partial charge is 0.493 e. The zero-order chi connectivity index (χ0) is 19.1. The molecule has 0 bridgehead atoms. The normalized spacial score (nSPS) is 10.7. The fraction of sp³-hybridized carbons (Fsp3) is 0.300. The zero-order valence-corrected chi connectivity index (χ0v) is 16.2. The van der Waals surface area contributed by atoms with Crippen LogP contribution in [0.1, 0.15) is 10.6 Å². The average molecular weight is 386 g/mol. The molecule has 1 heterocycles. The number of carbonyl (C=O) groups is 1. The number of benzene rings is 2. The Kier molecular flexibility index (Phi) is 6.62. The van der Waals surface area contributed by atoms with Crippen molar-refractivity contribution in [1.82, 2.24) is 10.3 Å². The Bertz CT molecular complexity index is 877. The first-order chi connectivity index (χ1) is 13.2. The quantitative estimate of drug-likeness (QED) is 0.612. The number of hydrogen-bond donors (Lipinski definition) is 1. The van der Waals surface area contributed by atoms with E-state index in [1.54, 1.807) is 25.6 Å². The van der Waals surface area contributed by atoms with Gasteiger partial charge >= 0.3 is 0 Å². The van der Waals surface area contributed by atoms with Gasteiger partial charge in [0.1, 0.15) is 11.6 Å². The summed E-state index contributed by atoms with van der Waals surface area (Å²) in [6, 6.07) is 13.7. The molecular formula is C20H22N2O4S. The second-order valence-corrected chi connectivity index (χ2v) is 6.97. The third-order valence-corrected chi connectivity index (χ3v) is 4.99. The maximum Gasteiger partial charge on any atom is 0.246 e. The Morgan fingerprint density at radius 2 is 1.93 bits per heavy atom. The molecule has 142 valence electrons. The average Bonchev–Trinajstić information content (AvgIpc) is 3.10. The molecule has 0 aliphatic heterocycles. The minimum absolute atomic E-state index is 0.0157. The molecule has 0 radical (unpaired) electrons. The number of hydrogen-bond acceptors (Lipinski definition) is 6. The summed E-state index contributed by atoms with van der Waals surface area (Å²) in [7, 11) is 3.21. The van der Waals surface area contributed by atoms with E-state index in [1.165, 1.54) is 0 Å². The predicted molar refractivity (Wildman–Crippen MR) is 106 cm³/mol. The minimum Gasteiger partial charge on any atom is -0.493 e. The highest BCUT2D eigenvalue weighted by atomic mass is 32.1. The van der Waals surface area contributed by atoms with Gasteiger partial charge in [-0.05, 0) is 36.2 Å². The molecule has 1 amide bonds. The topological polar surface area (TPSA) is 69.7 Å². The Labute approximate surface area is 162 Å². The molecule has 0 aliphatic carbocycles. The second kappa shape index (κ2) is 9.34. The van der Waals surface area contributed by atoms with Crippen LogP contribution < -0.4 is 14.8 Å². The fourth-order valence-corrected chi connectivity index (χ4v) is 3.55. The third-order valence-electron chi connectivity index (χ3n) is 3.98. The monoisotopic (exact) mass is 386 g/mol. The van der Waals surface area contributed by atoms with Crippen LogP contribution in [0.25, 0.3) is 10.2 Å². The van der Waals surface area contributed by atoms with E-state index >= 15 is 0 Å². The Morgan fingerprint density at radius 3 is 2.70 bits per heavy atom. The van der Waals surface area contributed by atoms with Gasteiger partial charge in [0.05, 0.1) is 31.0 Å². The van der Waals surface area contributed by atoms with E-state index < -0.39 is 0 Å². The molecule has 0 spiro atoms. The Morgan fingerprint density at radius 1 is 1.11 bits per heavy atom.